The third-order valence-electron chi connectivity index (χ3n) is 6.43. The lowest BCUT2D eigenvalue weighted by molar-refractivity contribution is 0.346. The molecule has 3 aromatic rings. The second-order valence-electron chi connectivity index (χ2n) is 8.61. The summed E-state index contributed by atoms with van der Waals surface area (Å²) >= 11 is 6.67. The molecule has 0 saturated heterocycles. The molecule has 2 aliphatic rings. The van der Waals surface area contributed by atoms with E-state index in [9.17, 15) is 12.8 Å². The number of fused-ring (bicyclic) bond motifs is 1. The van der Waals surface area contributed by atoms with Crippen molar-refractivity contribution in [2.45, 2.75) is 30.2 Å². The van der Waals surface area contributed by atoms with Gasteiger partial charge in [-0.25, -0.2) is 12.8 Å². The fraction of sp³-hybridized carbons (Fsp3) is 0.280. The number of nitrogens with zero attached hydrogens (tertiary/aromatic N) is 2. The molecule has 3 aromatic carbocycles. The van der Waals surface area contributed by atoms with Gasteiger partial charge in [-0.15, -0.1) is 0 Å². The summed E-state index contributed by atoms with van der Waals surface area (Å²) in [7, 11) is -2.09. The monoisotopic (exact) mass is 470 g/mol. The number of hydrogen-bond donors (Lipinski definition) is 0. The summed E-state index contributed by atoms with van der Waals surface area (Å²) in [6.07, 6.45) is 3.15. The van der Waals surface area contributed by atoms with E-state index in [0.29, 0.717) is 34.3 Å². The SMILES string of the molecule is CN1[C@@H](CC2CC2)CN(c2ccccc2)c2cc(Cl)c(-c3ccc(F)cc3)cc2S1(=O)=O. The molecular weight excluding hydrogens is 447 g/mol. The lowest BCUT2D eigenvalue weighted by Gasteiger charge is -2.29. The lowest BCUT2D eigenvalue weighted by atomic mass is 10.0. The third kappa shape index (κ3) is 3.91. The van der Waals surface area contributed by atoms with E-state index in [2.05, 4.69) is 4.90 Å². The van der Waals surface area contributed by atoms with Crippen molar-refractivity contribution in [2.75, 3.05) is 18.5 Å². The minimum absolute atomic E-state index is 0.145. The Hall–Kier alpha value is -2.41. The van der Waals surface area contributed by atoms with Gasteiger partial charge in [-0.2, -0.15) is 4.31 Å². The van der Waals surface area contributed by atoms with E-state index in [1.165, 1.54) is 16.4 Å². The van der Waals surface area contributed by atoms with Crippen LogP contribution in [0.2, 0.25) is 5.02 Å². The van der Waals surface area contributed by atoms with E-state index in [4.69, 9.17) is 11.6 Å². The van der Waals surface area contributed by atoms with Crippen molar-refractivity contribution in [3.63, 3.8) is 0 Å². The molecule has 1 fully saturated rings. The van der Waals surface area contributed by atoms with Gasteiger partial charge in [0, 0.05) is 30.9 Å². The predicted molar refractivity (Wildman–Crippen MR) is 126 cm³/mol. The lowest BCUT2D eigenvalue weighted by Crippen LogP contribution is -2.41. The molecule has 1 aliphatic carbocycles. The van der Waals surface area contributed by atoms with Gasteiger partial charge in [-0.05, 0) is 54.3 Å². The number of rotatable bonds is 4. The van der Waals surface area contributed by atoms with Gasteiger partial charge < -0.3 is 4.90 Å². The first-order valence-electron chi connectivity index (χ1n) is 10.7. The summed E-state index contributed by atoms with van der Waals surface area (Å²) in [5, 5.41) is 0.426. The highest BCUT2D eigenvalue weighted by molar-refractivity contribution is 7.89. The van der Waals surface area contributed by atoms with Crippen LogP contribution in [-0.2, 0) is 10.0 Å². The van der Waals surface area contributed by atoms with Gasteiger partial charge in [-0.1, -0.05) is 54.8 Å². The van der Waals surface area contributed by atoms with Crippen molar-refractivity contribution < 1.29 is 12.8 Å². The van der Waals surface area contributed by atoms with Gasteiger partial charge in [0.1, 0.15) is 10.7 Å². The fourth-order valence-electron chi connectivity index (χ4n) is 4.40. The maximum atomic E-state index is 13.8. The van der Waals surface area contributed by atoms with Crippen LogP contribution >= 0.6 is 11.6 Å². The Balaban J connectivity index is 1.70. The summed E-state index contributed by atoms with van der Waals surface area (Å²) in [6.45, 7) is 0.551. The van der Waals surface area contributed by atoms with E-state index in [1.807, 2.05) is 30.3 Å². The van der Waals surface area contributed by atoms with Crippen LogP contribution in [0.4, 0.5) is 15.8 Å². The summed E-state index contributed by atoms with van der Waals surface area (Å²) in [6, 6.07) is 18.9. The first kappa shape index (κ1) is 21.4. The first-order chi connectivity index (χ1) is 15.3. The van der Waals surface area contributed by atoms with E-state index in [1.54, 1.807) is 31.3 Å². The van der Waals surface area contributed by atoms with Gasteiger partial charge >= 0.3 is 0 Å². The number of likely N-dealkylation sites (N-methyl/N-ethyl adjacent to an activating group) is 1. The molecule has 32 heavy (non-hydrogen) atoms. The van der Waals surface area contributed by atoms with Crippen molar-refractivity contribution in [1.82, 2.24) is 4.31 Å². The van der Waals surface area contributed by atoms with Crippen LogP contribution in [-0.4, -0.2) is 32.4 Å². The van der Waals surface area contributed by atoms with Crippen molar-refractivity contribution >= 4 is 33.0 Å². The van der Waals surface area contributed by atoms with Crippen molar-refractivity contribution in [1.29, 1.82) is 0 Å². The zero-order valence-corrected chi connectivity index (χ0v) is 19.3. The van der Waals surface area contributed by atoms with E-state index in [0.717, 1.165) is 24.9 Å². The predicted octanol–water partition coefficient (Wildman–Crippen LogP) is 6.09. The van der Waals surface area contributed by atoms with Crippen LogP contribution in [0.5, 0.6) is 0 Å². The zero-order chi connectivity index (χ0) is 22.5. The van der Waals surface area contributed by atoms with E-state index < -0.39 is 10.0 Å². The number of sulfonamides is 1. The van der Waals surface area contributed by atoms with Crippen LogP contribution < -0.4 is 4.90 Å². The smallest absolute Gasteiger partial charge is 0.245 e. The number of anilines is 2. The van der Waals surface area contributed by atoms with Crippen LogP contribution in [0.1, 0.15) is 19.3 Å². The molecule has 1 atom stereocenters. The second kappa shape index (κ2) is 8.18. The minimum Gasteiger partial charge on any atom is -0.339 e. The topological polar surface area (TPSA) is 40.6 Å². The molecule has 1 heterocycles. The average Bonchev–Trinajstić information content (AvgIpc) is 3.61. The van der Waals surface area contributed by atoms with E-state index >= 15 is 0 Å². The maximum absolute atomic E-state index is 13.8. The van der Waals surface area contributed by atoms with Crippen molar-refractivity contribution in [2.24, 2.45) is 5.92 Å². The molecule has 1 saturated carbocycles. The summed E-state index contributed by atoms with van der Waals surface area (Å²) in [5.74, 6) is 0.222. The number of benzene rings is 3. The third-order valence-corrected chi connectivity index (χ3v) is 8.68. The van der Waals surface area contributed by atoms with Crippen LogP contribution in [0.25, 0.3) is 11.1 Å². The zero-order valence-electron chi connectivity index (χ0n) is 17.7. The van der Waals surface area contributed by atoms with Gasteiger partial charge in [0.15, 0.2) is 0 Å². The number of hydrogen-bond acceptors (Lipinski definition) is 3. The Morgan fingerprint density at radius 3 is 2.38 bits per heavy atom. The Kier molecular flexibility index (Phi) is 5.48. The maximum Gasteiger partial charge on any atom is 0.245 e. The Bertz CT molecular complexity index is 1240. The summed E-state index contributed by atoms with van der Waals surface area (Å²) in [5.41, 5.74) is 2.72. The molecule has 7 heteroatoms. The van der Waals surface area contributed by atoms with Crippen LogP contribution in [0.3, 0.4) is 0 Å². The molecule has 0 unspecified atom stereocenters. The highest BCUT2D eigenvalue weighted by atomic mass is 35.5. The van der Waals surface area contributed by atoms with Crippen molar-refractivity contribution in [3.05, 3.63) is 77.6 Å². The first-order valence-corrected chi connectivity index (χ1v) is 12.6. The van der Waals surface area contributed by atoms with Gasteiger partial charge in [0.05, 0.1) is 10.7 Å². The second-order valence-corrected chi connectivity index (χ2v) is 11.0. The fourth-order valence-corrected chi connectivity index (χ4v) is 6.22. The van der Waals surface area contributed by atoms with Crippen LogP contribution in [0, 0.1) is 11.7 Å². The quantitative estimate of drug-likeness (QED) is 0.463. The Morgan fingerprint density at radius 2 is 1.72 bits per heavy atom. The Labute approximate surface area is 193 Å². The normalized spacial score (nSPS) is 20.6. The molecule has 0 aromatic heterocycles. The molecule has 0 radical (unpaired) electrons. The molecule has 1 aliphatic heterocycles. The number of para-hydroxylation sites is 1. The number of halogens is 2. The average molecular weight is 471 g/mol. The molecule has 4 nitrogen and oxygen atoms in total. The Morgan fingerprint density at radius 1 is 1.03 bits per heavy atom. The molecule has 0 bridgehead atoms. The largest absolute Gasteiger partial charge is 0.339 e. The van der Waals surface area contributed by atoms with Gasteiger partial charge in [0.25, 0.3) is 0 Å². The molecule has 0 spiro atoms. The molecule has 0 amide bonds. The summed E-state index contributed by atoms with van der Waals surface area (Å²) < 4.78 is 42.5. The van der Waals surface area contributed by atoms with E-state index in [-0.39, 0.29) is 16.8 Å². The van der Waals surface area contributed by atoms with Crippen LogP contribution in [0.15, 0.2) is 71.6 Å². The minimum atomic E-state index is -3.76. The standard InChI is InChI=1S/C25H24ClFN2O2S/c1-28-21(13-17-7-8-17)16-29(20-5-3-2-4-6-20)24-15-23(26)22(14-25(24)32(28,30)31)18-9-11-19(27)12-10-18/h2-6,9-12,14-15,17,21H,7-8,13,16H2,1H3/t21-/m0/s1. The molecule has 0 N–H and O–H groups in total. The highest BCUT2D eigenvalue weighted by Gasteiger charge is 2.39. The van der Waals surface area contributed by atoms with Gasteiger partial charge in [-0.3, -0.25) is 0 Å². The van der Waals surface area contributed by atoms with Crippen molar-refractivity contribution in [3.8, 4) is 11.1 Å². The molecule has 166 valence electrons. The highest BCUT2D eigenvalue weighted by Crippen LogP contribution is 2.44. The summed E-state index contributed by atoms with van der Waals surface area (Å²) in [4.78, 5) is 2.27. The van der Waals surface area contributed by atoms with Gasteiger partial charge in [0.2, 0.25) is 10.0 Å². The molecule has 5 rings (SSSR count). The molecular formula is C25H24ClFN2O2S.